The van der Waals surface area contributed by atoms with Gasteiger partial charge in [-0.3, -0.25) is 9.69 Å². The van der Waals surface area contributed by atoms with E-state index in [1.165, 1.54) is 12.8 Å². The van der Waals surface area contributed by atoms with Crippen LogP contribution in [0.3, 0.4) is 0 Å². The van der Waals surface area contributed by atoms with Crippen LogP contribution in [0.1, 0.15) is 51.4 Å². The molecule has 4 aliphatic rings. The Morgan fingerprint density at radius 3 is 2.22 bits per heavy atom. The molecule has 4 fully saturated rings. The van der Waals surface area contributed by atoms with Gasteiger partial charge in [0.1, 0.15) is 0 Å². The second kappa shape index (κ2) is 8.35. The van der Waals surface area contributed by atoms with Crippen LogP contribution in [0.4, 0.5) is 0 Å². The highest BCUT2D eigenvalue weighted by atomic mass is 32.2. The minimum absolute atomic E-state index is 0.317. The van der Waals surface area contributed by atoms with Gasteiger partial charge in [0.05, 0.1) is 0 Å². The number of carbonyl (C=O) groups excluding carboxylic acids is 1. The van der Waals surface area contributed by atoms with Crippen LogP contribution in [0.15, 0.2) is 0 Å². The van der Waals surface area contributed by atoms with Crippen molar-refractivity contribution < 1.29 is 13.2 Å². The van der Waals surface area contributed by atoms with E-state index in [2.05, 4.69) is 9.80 Å². The summed E-state index contributed by atoms with van der Waals surface area (Å²) in [4.78, 5) is 17.0. The zero-order valence-corrected chi connectivity index (χ0v) is 17.2. The Morgan fingerprint density at radius 2 is 1.48 bits per heavy atom. The van der Waals surface area contributed by atoms with E-state index in [1.807, 2.05) is 0 Å². The lowest BCUT2D eigenvalue weighted by Gasteiger charge is -2.30. The highest BCUT2D eigenvalue weighted by molar-refractivity contribution is 7.86. The molecule has 0 radical (unpaired) electrons. The third-order valence-corrected chi connectivity index (χ3v) is 8.71. The molecule has 4 rings (SSSR count). The van der Waals surface area contributed by atoms with E-state index in [1.54, 1.807) is 8.61 Å². The molecule has 27 heavy (non-hydrogen) atoms. The molecule has 1 unspecified atom stereocenters. The van der Waals surface area contributed by atoms with Gasteiger partial charge in [-0.15, -0.1) is 0 Å². The van der Waals surface area contributed by atoms with Crippen molar-refractivity contribution in [3.63, 3.8) is 0 Å². The highest BCUT2D eigenvalue weighted by Crippen LogP contribution is 2.31. The smallest absolute Gasteiger partial charge is 0.282 e. The van der Waals surface area contributed by atoms with E-state index in [9.17, 15) is 13.2 Å². The van der Waals surface area contributed by atoms with Crippen molar-refractivity contribution in [2.75, 3.05) is 52.4 Å². The van der Waals surface area contributed by atoms with Crippen LogP contribution in [0, 0.1) is 5.92 Å². The van der Waals surface area contributed by atoms with E-state index >= 15 is 0 Å². The van der Waals surface area contributed by atoms with Crippen molar-refractivity contribution in [3.8, 4) is 0 Å². The van der Waals surface area contributed by atoms with Crippen LogP contribution in [0.25, 0.3) is 0 Å². The van der Waals surface area contributed by atoms with Crippen molar-refractivity contribution in [1.29, 1.82) is 0 Å². The molecular weight excluding hydrogens is 364 g/mol. The van der Waals surface area contributed by atoms with Gasteiger partial charge < -0.3 is 4.90 Å². The van der Waals surface area contributed by atoms with E-state index in [-0.39, 0.29) is 0 Å². The molecule has 154 valence electrons. The van der Waals surface area contributed by atoms with Gasteiger partial charge in [0, 0.05) is 58.3 Å². The maximum absolute atomic E-state index is 12.9. The summed E-state index contributed by atoms with van der Waals surface area (Å²) in [6.45, 7) is 6.08. The predicted octanol–water partition coefficient (Wildman–Crippen LogP) is 1.13. The maximum atomic E-state index is 12.9. The lowest BCUT2D eigenvalue weighted by Crippen LogP contribution is -2.45. The lowest BCUT2D eigenvalue weighted by molar-refractivity contribution is -0.130. The van der Waals surface area contributed by atoms with Gasteiger partial charge in [-0.25, -0.2) is 0 Å². The molecule has 0 aromatic rings. The van der Waals surface area contributed by atoms with Gasteiger partial charge in [0.2, 0.25) is 5.91 Å². The molecule has 0 spiro atoms. The number of hydrogen-bond donors (Lipinski definition) is 0. The summed E-state index contributed by atoms with van der Waals surface area (Å²) in [7, 11) is -3.29. The highest BCUT2D eigenvalue weighted by Gasteiger charge is 2.35. The molecule has 0 N–H and O–H groups in total. The number of amides is 1. The van der Waals surface area contributed by atoms with Crippen molar-refractivity contribution in [1.82, 2.24) is 18.4 Å². The predicted molar refractivity (Wildman–Crippen MR) is 104 cm³/mol. The fourth-order valence-corrected chi connectivity index (χ4v) is 6.50. The second-order valence-corrected chi connectivity index (χ2v) is 10.6. The summed E-state index contributed by atoms with van der Waals surface area (Å²) in [6.07, 6.45) is 7.98. The number of carbonyl (C=O) groups is 1. The zero-order chi connectivity index (χ0) is 18.9. The first kappa shape index (κ1) is 19.6. The molecule has 1 amide bonds. The number of hydrogen-bond acceptors (Lipinski definition) is 4. The molecule has 0 bridgehead atoms. The SMILES string of the molecule is O=C1CCC(N2CCCN(S(=O)(=O)N3CCCC3)CC2)CCN1CC1CC1. The second-order valence-electron chi connectivity index (χ2n) is 8.67. The Kier molecular flexibility index (Phi) is 6.06. The van der Waals surface area contributed by atoms with Crippen LogP contribution < -0.4 is 0 Å². The summed E-state index contributed by atoms with van der Waals surface area (Å²) < 4.78 is 29.1. The summed E-state index contributed by atoms with van der Waals surface area (Å²) in [5.41, 5.74) is 0. The minimum Gasteiger partial charge on any atom is -0.342 e. The summed E-state index contributed by atoms with van der Waals surface area (Å²) in [6, 6.07) is 0.410. The third kappa shape index (κ3) is 4.66. The summed E-state index contributed by atoms with van der Waals surface area (Å²) in [5, 5.41) is 0. The fourth-order valence-electron chi connectivity index (χ4n) is 4.78. The monoisotopic (exact) mass is 398 g/mol. The van der Waals surface area contributed by atoms with E-state index < -0.39 is 10.2 Å². The molecule has 1 saturated carbocycles. The molecule has 0 aromatic carbocycles. The average Bonchev–Trinajstić information content (AvgIpc) is 3.39. The van der Waals surface area contributed by atoms with Gasteiger partial charge in [0.15, 0.2) is 0 Å². The van der Waals surface area contributed by atoms with Crippen molar-refractivity contribution in [2.45, 2.75) is 57.4 Å². The Bertz CT molecular complexity index is 631. The zero-order valence-electron chi connectivity index (χ0n) is 16.4. The largest absolute Gasteiger partial charge is 0.342 e. The Balaban J connectivity index is 1.33. The van der Waals surface area contributed by atoms with Crippen LogP contribution >= 0.6 is 0 Å². The summed E-state index contributed by atoms with van der Waals surface area (Å²) >= 11 is 0. The summed E-state index contributed by atoms with van der Waals surface area (Å²) in [5.74, 6) is 1.06. The van der Waals surface area contributed by atoms with Gasteiger partial charge in [-0.1, -0.05) is 0 Å². The molecule has 8 heteroatoms. The number of rotatable bonds is 5. The van der Waals surface area contributed by atoms with Crippen molar-refractivity contribution in [2.24, 2.45) is 5.92 Å². The average molecular weight is 399 g/mol. The molecule has 7 nitrogen and oxygen atoms in total. The third-order valence-electron chi connectivity index (χ3n) is 6.68. The van der Waals surface area contributed by atoms with Gasteiger partial charge in [-0.2, -0.15) is 17.0 Å². The van der Waals surface area contributed by atoms with Crippen molar-refractivity contribution >= 4 is 16.1 Å². The molecule has 1 atom stereocenters. The van der Waals surface area contributed by atoms with Gasteiger partial charge in [0.25, 0.3) is 10.2 Å². The van der Waals surface area contributed by atoms with Crippen LogP contribution in [0.5, 0.6) is 0 Å². The van der Waals surface area contributed by atoms with Crippen LogP contribution in [-0.4, -0.2) is 91.1 Å². The fraction of sp³-hybridized carbons (Fsp3) is 0.947. The molecule has 3 aliphatic heterocycles. The van der Waals surface area contributed by atoms with E-state index in [4.69, 9.17) is 0 Å². The molecular formula is C19H34N4O3S. The van der Waals surface area contributed by atoms with Crippen LogP contribution in [0.2, 0.25) is 0 Å². The Morgan fingerprint density at radius 1 is 0.778 bits per heavy atom. The normalized spacial score (nSPS) is 30.4. The van der Waals surface area contributed by atoms with Crippen LogP contribution in [-0.2, 0) is 15.0 Å². The van der Waals surface area contributed by atoms with Gasteiger partial charge >= 0.3 is 0 Å². The van der Waals surface area contributed by atoms with E-state index in [0.29, 0.717) is 44.5 Å². The van der Waals surface area contributed by atoms with Gasteiger partial charge in [-0.05, 0) is 57.4 Å². The first-order valence-electron chi connectivity index (χ1n) is 10.8. The Labute approximate surface area is 163 Å². The molecule has 1 aliphatic carbocycles. The van der Waals surface area contributed by atoms with Crippen molar-refractivity contribution in [3.05, 3.63) is 0 Å². The minimum atomic E-state index is -3.29. The number of likely N-dealkylation sites (tertiary alicyclic amines) is 1. The topological polar surface area (TPSA) is 64.2 Å². The number of nitrogens with zero attached hydrogens (tertiary/aromatic N) is 4. The first-order valence-corrected chi connectivity index (χ1v) is 12.2. The maximum Gasteiger partial charge on any atom is 0.282 e. The standard InChI is InChI=1S/C19H34N4O3S/c24-19-7-6-18(8-13-21(19)16-17-4-5-17)20-9-3-12-23(15-14-20)27(25,26)22-10-1-2-11-22/h17-18H,1-16H2. The molecule has 0 aromatic heterocycles. The first-order chi connectivity index (χ1) is 13.0. The molecule has 3 saturated heterocycles. The molecule has 3 heterocycles. The quantitative estimate of drug-likeness (QED) is 0.696. The Hall–Kier alpha value is -0.700. The lowest BCUT2D eigenvalue weighted by atomic mass is 10.1. The van der Waals surface area contributed by atoms with E-state index in [0.717, 1.165) is 64.2 Å².